The first kappa shape index (κ1) is 33.2. The average molecular weight is 463 g/mol. The number of carboxylic acid groups (broad SMARTS) is 1. The molecule has 33 heavy (non-hydrogen) atoms. The van der Waals surface area contributed by atoms with E-state index in [4.69, 9.17) is 10.8 Å². The first-order valence-electron chi connectivity index (χ1n) is 13.2. The van der Waals surface area contributed by atoms with E-state index >= 15 is 0 Å². The van der Waals surface area contributed by atoms with Crippen LogP contribution in [0, 0.1) is 23.7 Å². The van der Waals surface area contributed by atoms with Gasteiger partial charge in [-0.05, 0) is 56.9 Å². The lowest BCUT2D eigenvalue weighted by molar-refractivity contribution is -0.137. The van der Waals surface area contributed by atoms with Gasteiger partial charge in [-0.25, -0.2) is 0 Å². The van der Waals surface area contributed by atoms with Crippen LogP contribution in [-0.2, 0) is 9.59 Å². The Morgan fingerprint density at radius 3 is 1.55 bits per heavy atom. The van der Waals surface area contributed by atoms with Gasteiger partial charge < -0.3 is 16.2 Å². The van der Waals surface area contributed by atoms with E-state index in [9.17, 15) is 9.59 Å². The van der Waals surface area contributed by atoms with Crippen LogP contribution >= 0.6 is 0 Å². The van der Waals surface area contributed by atoms with E-state index in [2.05, 4.69) is 42.8 Å². The van der Waals surface area contributed by atoms with Crippen LogP contribution in [0.3, 0.4) is 0 Å². The Hall–Kier alpha value is -1.98. The average Bonchev–Trinajstić information content (AvgIpc) is 2.81. The fraction of sp³-hybridized carbons (Fsp3) is 0.786. The smallest absolute Gasteiger partial charge is 0.303 e. The fourth-order valence-corrected chi connectivity index (χ4v) is 2.97. The van der Waals surface area contributed by atoms with Crippen molar-refractivity contribution in [2.24, 2.45) is 5.73 Å². The van der Waals surface area contributed by atoms with E-state index in [0.29, 0.717) is 12.8 Å². The van der Waals surface area contributed by atoms with Gasteiger partial charge >= 0.3 is 5.97 Å². The summed E-state index contributed by atoms with van der Waals surface area (Å²) in [4.78, 5) is 21.8. The van der Waals surface area contributed by atoms with Gasteiger partial charge in [0.2, 0.25) is 5.91 Å². The fourth-order valence-electron chi connectivity index (χ4n) is 2.97. The molecule has 0 bridgehead atoms. The molecule has 1 amide bonds. The lowest BCUT2D eigenvalue weighted by atomic mass is 10.1. The van der Waals surface area contributed by atoms with Gasteiger partial charge in [-0.3, -0.25) is 9.59 Å². The second-order valence-corrected chi connectivity index (χ2v) is 8.38. The molecule has 5 nitrogen and oxygen atoms in total. The van der Waals surface area contributed by atoms with Crippen LogP contribution in [0.4, 0.5) is 0 Å². The third kappa shape index (κ3) is 34.8. The van der Waals surface area contributed by atoms with Gasteiger partial charge in [-0.15, -0.1) is 0 Å². The minimum atomic E-state index is -0.693. The lowest BCUT2D eigenvalue weighted by Crippen LogP contribution is -2.23. The van der Waals surface area contributed by atoms with Crippen molar-refractivity contribution in [3.63, 3.8) is 0 Å². The molecule has 0 atom stereocenters. The van der Waals surface area contributed by atoms with Crippen LogP contribution in [0.15, 0.2) is 0 Å². The van der Waals surface area contributed by atoms with Crippen molar-refractivity contribution in [1.82, 2.24) is 5.32 Å². The molecule has 0 saturated heterocycles. The molecular formula is C28H50N2O3. The van der Waals surface area contributed by atoms with Crippen LogP contribution in [0.25, 0.3) is 0 Å². The summed E-state index contributed by atoms with van der Waals surface area (Å²) in [7, 11) is 0. The summed E-state index contributed by atoms with van der Waals surface area (Å²) in [5.74, 6) is 11.6. The molecule has 5 heteroatoms. The number of carboxylic acids is 1. The normalized spacial score (nSPS) is 9.55. The SMILES string of the molecule is CCCN.CCCNC(=O)CCCCCCCCC#CC#CCCCCCCCCC(=O)O. The van der Waals surface area contributed by atoms with Crippen molar-refractivity contribution in [3.8, 4) is 23.7 Å². The van der Waals surface area contributed by atoms with Crippen LogP contribution in [0.2, 0.25) is 0 Å². The number of rotatable bonds is 19. The second kappa shape index (κ2) is 30.0. The molecule has 0 aromatic heterocycles. The van der Waals surface area contributed by atoms with Crippen molar-refractivity contribution < 1.29 is 14.7 Å². The third-order valence-corrected chi connectivity index (χ3v) is 5.00. The van der Waals surface area contributed by atoms with Crippen LogP contribution in [0.5, 0.6) is 0 Å². The van der Waals surface area contributed by atoms with Crippen molar-refractivity contribution >= 4 is 11.9 Å². The molecular weight excluding hydrogens is 412 g/mol. The molecule has 0 rings (SSSR count). The first-order valence-corrected chi connectivity index (χ1v) is 13.2. The molecule has 0 saturated carbocycles. The topological polar surface area (TPSA) is 92.4 Å². The highest BCUT2D eigenvalue weighted by Crippen LogP contribution is 2.09. The number of nitrogens with one attached hydrogen (secondary N) is 1. The van der Waals surface area contributed by atoms with E-state index in [-0.39, 0.29) is 5.91 Å². The maximum Gasteiger partial charge on any atom is 0.303 e. The van der Waals surface area contributed by atoms with Crippen molar-refractivity contribution in [3.05, 3.63) is 0 Å². The molecule has 0 unspecified atom stereocenters. The molecule has 0 aliphatic carbocycles. The third-order valence-electron chi connectivity index (χ3n) is 5.00. The van der Waals surface area contributed by atoms with Gasteiger partial charge in [0, 0.05) is 32.2 Å². The summed E-state index contributed by atoms with van der Waals surface area (Å²) in [5, 5.41) is 11.5. The minimum Gasteiger partial charge on any atom is -0.481 e. The Labute approximate surface area is 204 Å². The van der Waals surface area contributed by atoms with E-state index in [1.54, 1.807) is 0 Å². The second-order valence-electron chi connectivity index (χ2n) is 8.38. The number of carbonyl (C=O) groups is 2. The summed E-state index contributed by atoms with van der Waals surface area (Å²) in [6.45, 7) is 5.73. The molecule has 0 spiro atoms. The van der Waals surface area contributed by atoms with E-state index in [1.165, 1.54) is 32.1 Å². The Bertz CT molecular complexity index is 565. The molecule has 0 radical (unpaired) electrons. The monoisotopic (exact) mass is 462 g/mol. The quantitative estimate of drug-likeness (QED) is 0.157. The zero-order valence-corrected chi connectivity index (χ0v) is 21.5. The van der Waals surface area contributed by atoms with Gasteiger partial charge in [-0.1, -0.05) is 77.1 Å². The summed E-state index contributed by atoms with van der Waals surface area (Å²) < 4.78 is 0. The number of unbranched alkanes of at least 4 members (excludes halogenated alkanes) is 12. The van der Waals surface area contributed by atoms with Gasteiger partial charge in [0.15, 0.2) is 0 Å². The van der Waals surface area contributed by atoms with E-state index in [0.717, 1.165) is 83.7 Å². The zero-order chi connectivity index (χ0) is 24.8. The molecule has 0 aliphatic heterocycles. The van der Waals surface area contributed by atoms with E-state index in [1.807, 2.05) is 0 Å². The standard InChI is InChI=1S/C25H41NO3.C3H9N/c1-2-23-26-24(27)21-19-17-15-13-11-9-7-5-3-4-6-8-10-12-14-16-18-20-22-25(28)29;1-2-3-4/h2,7-23H2,1H3,(H,26,27)(H,28,29);2-4H2,1H3. The van der Waals surface area contributed by atoms with Gasteiger partial charge in [0.05, 0.1) is 0 Å². The molecule has 0 heterocycles. The number of aliphatic carboxylic acids is 1. The Balaban J connectivity index is 0. The predicted octanol–water partition coefficient (Wildman–Crippen LogP) is 6.20. The summed E-state index contributed by atoms with van der Waals surface area (Å²) in [6, 6.07) is 0. The van der Waals surface area contributed by atoms with Gasteiger partial charge in [0.25, 0.3) is 0 Å². The minimum absolute atomic E-state index is 0.191. The maximum atomic E-state index is 11.4. The number of amides is 1. The number of carbonyl (C=O) groups excluding carboxylic acids is 1. The number of hydrogen-bond donors (Lipinski definition) is 3. The largest absolute Gasteiger partial charge is 0.481 e. The highest BCUT2D eigenvalue weighted by atomic mass is 16.4. The number of hydrogen-bond acceptors (Lipinski definition) is 3. The Morgan fingerprint density at radius 1 is 0.697 bits per heavy atom. The Kier molecular flexibility index (Phi) is 30.2. The van der Waals surface area contributed by atoms with E-state index < -0.39 is 5.97 Å². The Morgan fingerprint density at radius 2 is 1.12 bits per heavy atom. The molecule has 0 fully saturated rings. The lowest BCUT2D eigenvalue weighted by Gasteiger charge is -2.03. The predicted molar refractivity (Wildman–Crippen MR) is 140 cm³/mol. The van der Waals surface area contributed by atoms with Crippen molar-refractivity contribution in [2.45, 2.75) is 129 Å². The summed E-state index contributed by atoms with van der Waals surface area (Å²) in [5.41, 5.74) is 5.03. The van der Waals surface area contributed by atoms with Gasteiger partial charge in [-0.2, -0.15) is 0 Å². The summed E-state index contributed by atoms with van der Waals surface area (Å²) in [6.07, 6.45) is 18.1. The zero-order valence-electron chi connectivity index (χ0n) is 21.5. The molecule has 4 N–H and O–H groups in total. The molecule has 190 valence electrons. The summed E-state index contributed by atoms with van der Waals surface area (Å²) >= 11 is 0. The van der Waals surface area contributed by atoms with Crippen LogP contribution in [0.1, 0.15) is 129 Å². The first-order chi connectivity index (χ1) is 16.1. The highest BCUT2D eigenvalue weighted by molar-refractivity contribution is 5.75. The van der Waals surface area contributed by atoms with Crippen LogP contribution in [-0.4, -0.2) is 30.1 Å². The van der Waals surface area contributed by atoms with Crippen molar-refractivity contribution in [2.75, 3.05) is 13.1 Å². The molecule has 0 aromatic carbocycles. The molecule has 0 aliphatic rings. The molecule has 0 aromatic rings. The van der Waals surface area contributed by atoms with Crippen LogP contribution < -0.4 is 11.1 Å². The maximum absolute atomic E-state index is 11.4. The van der Waals surface area contributed by atoms with Gasteiger partial charge in [0.1, 0.15) is 0 Å². The number of nitrogens with two attached hydrogens (primary N) is 1. The highest BCUT2D eigenvalue weighted by Gasteiger charge is 1.99. The van der Waals surface area contributed by atoms with Crippen molar-refractivity contribution in [1.29, 1.82) is 0 Å².